The zero-order valence-corrected chi connectivity index (χ0v) is 9.82. The Morgan fingerprint density at radius 2 is 1.59 bits per heavy atom. The summed E-state index contributed by atoms with van der Waals surface area (Å²) < 4.78 is 55.6. The molecule has 0 spiro atoms. The van der Waals surface area contributed by atoms with E-state index in [-0.39, 0.29) is 0 Å². The van der Waals surface area contributed by atoms with Crippen LogP contribution in [0.4, 0.5) is 17.6 Å². The molecule has 0 bridgehead atoms. The largest absolute Gasteiger partial charge is 0.467 e. The number of carbonyl (C=O) groups is 1. The minimum Gasteiger partial charge on any atom is -0.467 e. The van der Waals surface area contributed by atoms with Crippen LogP contribution in [0.5, 0.6) is 0 Å². The summed E-state index contributed by atoms with van der Waals surface area (Å²) >= 11 is 2.29. The van der Waals surface area contributed by atoms with E-state index in [2.05, 4.69) is 20.7 Å². The van der Waals surface area contributed by atoms with Crippen molar-refractivity contribution in [1.29, 1.82) is 0 Å². The highest BCUT2D eigenvalue weighted by Crippen LogP contribution is 2.31. The maximum Gasteiger partial charge on any atom is 0.339 e. The van der Waals surface area contributed by atoms with Gasteiger partial charge in [0, 0.05) is 0 Å². The number of rotatable bonds is 2. The quantitative estimate of drug-likeness (QED) is 0.394. The van der Waals surface area contributed by atoms with Gasteiger partial charge in [-0.05, 0) is 15.9 Å². The third-order valence-corrected chi connectivity index (χ3v) is 2.64. The lowest BCUT2D eigenvalue weighted by Crippen LogP contribution is -2.18. The molecule has 3 nitrogen and oxygen atoms in total. The van der Waals surface area contributed by atoms with Crippen molar-refractivity contribution in [2.24, 2.45) is 0 Å². The number of aliphatic hydroxyl groups is 1. The maximum absolute atomic E-state index is 13.3. The fraction of sp³-hybridized carbons (Fsp3) is 0.222. The van der Waals surface area contributed by atoms with E-state index in [1.807, 2.05) is 0 Å². The number of benzene rings is 1. The average Bonchev–Trinajstić information content (AvgIpc) is 2.32. The number of aliphatic hydroxyl groups excluding tert-OH is 1. The van der Waals surface area contributed by atoms with Crippen molar-refractivity contribution in [2.45, 2.75) is 6.10 Å². The smallest absolute Gasteiger partial charge is 0.339 e. The van der Waals surface area contributed by atoms with Crippen LogP contribution in [0.25, 0.3) is 0 Å². The van der Waals surface area contributed by atoms with Crippen molar-refractivity contribution in [3.8, 4) is 0 Å². The first-order valence-electron chi connectivity index (χ1n) is 4.10. The summed E-state index contributed by atoms with van der Waals surface area (Å²) in [4.78, 5) is 10.9. The van der Waals surface area contributed by atoms with E-state index < -0.39 is 45.4 Å². The van der Waals surface area contributed by atoms with Crippen LogP contribution in [-0.2, 0) is 9.53 Å². The van der Waals surface area contributed by atoms with Crippen LogP contribution in [0.2, 0.25) is 0 Å². The molecule has 0 heterocycles. The van der Waals surface area contributed by atoms with Crippen LogP contribution in [0.15, 0.2) is 4.47 Å². The Kier molecular flexibility index (Phi) is 4.10. The molecule has 1 rings (SSSR count). The Morgan fingerprint density at radius 1 is 1.18 bits per heavy atom. The topological polar surface area (TPSA) is 46.5 Å². The number of hydrogen-bond acceptors (Lipinski definition) is 3. The molecular formula is C9H5BrF4O3. The molecule has 0 saturated carbocycles. The number of esters is 1. The maximum atomic E-state index is 13.3. The molecule has 0 aliphatic carbocycles. The Labute approximate surface area is 101 Å². The lowest BCUT2D eigenvalue weighted by Gasteiger charge is -2.12. The molecule has 17 heavy (non-hydrogen) atoms. The second kappa shape index (κ2) is 5.01. The van der Waals surface area contributed by atoms with E-state index in [0.717, 1.165) is 7.11 Å². The monoisotopic (exact) mass is 316 g/mol. The summed E-state index contributed by atoms with van der Waals surface area (Å²) in [6.07, 6.45) is -2.45. The molecule has 0 fully saturated rings. The van der Waals surface area contributed by atoms with Gasteiger partial charge in [-0.25, -0.2) is 22.4 Å². The van der Waals surface area contributed by atoms with Gasteiger partial charge in [-0.2, -0.15) is 0 Å². The molecule has 8 heteroatoms. The molecule has 0 aliphatic rings. The van der Waals surface area contributed by atoms with Crippen LogP contribution < -0.4 is 0 Å². The molecule has 1 N–H and O–H groups in total. The predicted octanol–water partition coefficient (Wildman–Crippen LogP) is 2.21. The fourth-order valence-corrected chi connectivity index (χ4v) is 1.44. The normalized spacial score (nSPS) is 12.4. The Bertz CT molecular complexity index is 449. The lowest BCUT2D eigenvalue weighted by molar-refractivity contribution is -0.151. The van der Waals surface area contributed by atoms with Gasteiger partial charge < -0.3 is 9.84 Å². The van der Waals surface area contributed by atoms with E-state index in [4.69, 9.17) is 0 Å². The second-order valence-electron chi connectivity index (χ2n) is 2.91. The van der Waals surface area contributed by atoms with Gasteiger partial charge in [-0.1, -0.05) is 0 Å². The van der Waals surface area contributed by atoms with Crippen molar-refractivity contribution < 1.29 is 32.2 Å². The molecule has 1 aromatic rings. The first-order chi connectivity index (χ1) is 7.82. The molecule has 0 aliphatic heterocycles. The molecule has 1 atom stereocenters. The first-order valence-corrected chi connectivity index (χ1v) is 4.89. The molecule has 1 unspecified atom stereocenters. The Hall–Kier alpha value is -1.15. The average molecular weight is 317 g/mol. The summed E-state index contributed by atoms with van der Waals surface area (Å²) in [6.45, 7) is 0. The van der Waals surface area contributed by atoms with Crippen LogP contribution in [0.3, 0.4) is 0 Å². The Morgan fingerprint density at radius 3 is 1.94 bits per heavy atom. The van der Waals surface area contributed by atoms with E-state index in [1.165, 1.54) is 0 Å². The van der Waals surface area contributed by atoms with Gasteiger partial charge in [0.2, 0.25) is 0 Å². The zero-order chi connectivity index (χ0) is 13.3. The van der Waals surface area contributed by atoms with Gasteiger partial charge in [0.1, 0.15) is 0 Å². The predicted molar refractivity (Wildman–Crippen MR) is 50.9 cm³/mol. The highest BCUT2D eigenvalue weighted by atomic mass is 79.9. The number of methoxy groups -OCH3 is 1. The van der Waals surface area contributed by atoms with Gasteiger partial charge in [0.15, 0.2) is 29.4 Å². The van der Waals surface area contributed by atoms with Gasteiger partial charge in [0.25, 0.3) is 0 Å². The van der Waals surface area contributed by atoms with Crippen LogP contribution in [0, 0.1) is 23.3 Å². The van der Waals surface area contributed by atoms with Crippen molar-refractivity contribution >= 4 is 21.9 Å². The van der Waals surface area contributed by atoms with Gasteiger partial charge in [-0.15, -0.1) is 0 Å². The van der Waals surface area contributed by atoms with E-state index in [9.17, 15) is 27.5 Å². The molecular weight excluding hydrogens is 312 g/mol. The minimum absolute atomic E-state index is 0.840. The molecule has 0 saturated heterocycles. The van der Waals surface area contributed by atoms with Crippen LogP contribution >= 0.6 is 15.9 Å². The van der Waals surface area contributed by atoms with Gasteiger partial charge in [0.05, 0.1) is 17.1 Å². The van der Waals surface area contributed by atoms with Gasteiger partial charge >= 0.3 is 5.97 Å². The van der Waals surface area contributed by atoms with Crippen molar-refractivity contribution in [3.63, 3.8) is 0 Å². The highest BCUT2D eigenvalue weighted by Gasteiger charge is 2.32. The van der Waals surface area contributed by atoms with Crippen LogP contribution in [0.1, 0.15) is 11.7 Å². The minimum atomic E-state index is -2.45. The Balaban J connectivity index is 3.49. The zero-order valence-electron chi connectivity index (χ0n) is 8.23. The molecule has 0 amide bonds. The number of halogens is 5. The van der Waals surface area contributed by atoms with Crippen molar-refractivity contribution in [2.75, 3.05) is 7.11 Å². The van der Waals surface area contributed by atoms with Crippen LogP contribution in [-0.4, -0.2) is 18.2 Å². The molecule has 1 aromatic carbocycles. The van der Waals surface area contributed by atoms with Crippen molar-refractivity contribution in [1.82, 2.24) is 0 Å². The van der Waals surface area contributed by atoms with E-state index in [0.29, 0.717) is 0 Å². The third kappa shape index (κ3) is 2.27. The standard InChI is InChI=1S/C9H5BrF4O3/c1-17-9(16)8(15)2-4(11)6(13)3(10)7(14)5(2)12/h8,15H,1H3. The third-order valence-electron chi connectivity index (χ3n) is 1.94. The van der Waals surface area contributed by atoms with Gasteiger partial charge in [-0.3, -0.25) is 0 Å². The summed E-state index contributed by atoms with van der Waals surface area (Å²) in [7, 11) is 0.840. The number of carbonyl (C=O) groups excluding carboxylic acids is 1. The SMILES string of the molecule is COC(=O)C(O)c1c(F)c(F)c(Br)c(F)c1F. The van der Waals surface area contributed by atoms with E-state index in [1.54, 1.807) is 0 Å². The summed E-state index contributed by atoms with van der Waals surface area (Å²) in [5.41, 5.74) is -1.44. The first kappa shape index (κ1) is 13.9. The summed E-state index contributed by atoms with van der Waals surface area (Å²) in [5, 5.41) is 9.19. The van der Waals surface area contributed by atoms with E-state index >= 15 is 0 Å². The highest BCUT2D eigenvalue weighted by molar-refractivity contribution is 9.10. The second-order valence-corrected chi connectivity index (χ2v) is 3.70. The summed E-state index contributed by atoms with van der Waals surface area (Å²) in [6, 6.07) is 0. The molecule has 0 radical (unpaired) electrons. The fourth-order valence-electron chi connectivity index (χ4n) is 1.09. The summed E-state index contributed by atoms with van der Waals surface area (Å²) in [5.74, 6) is -8.67. The number of hydrogen-bond donors (Lipinski definition) is 1. The molecule has 94 valence electrons. The number of ether oxygens (including phenoxy) is 1. The lowest BCUT2D eigenvalue weighted by atomic mass is 10.1. The molecule has 0 aromatic heterocycles. The van der Waals surface area contributed by atoms with Crippen molar-refractivity contribution in [3.05, 3.63) is 33.3 Å².